The van der Waals surface area contributed by atoms with Crippen LogP contribution in [-0.4, -0.2) is 49.2 Å². The molecular formula is C20H17FN4O4S2. The molecule has 2 aromatic carbocycles. The number of nitrogens with zero attached hydrogens (tertiary/aromatic N) is 2. The molecule has 0 unspecified atom stereocenters. The van der Waals surface area contributed by atoms with Crippen molar-refractivity contribution < 1.29 is 22.4 Å². The second-order valence-electron chi connectivity index (χ2n) is 6.69. The Bertz CT molecular complexity index is 1260. The van der Waals surface area contributed by atoms with Crippen molar-refractivity contribution in [3.63, 3.8) is 0 Å². The summed E-state index contributed by atoms with van der Waals surface area (Å²) in [5, 5.41) is 7.06. The largest absolute Gasteiger partial charge is 0.354 e. The van der Waals surface area contributed by atoms with E-state index >= 15 is 0 Å². The minimum absolute atomic E-state index is 0.0367. The number of halogens is 1. The molecule has 3 aromatic rings. The van der Waals surface area contributed by atoms with Crippen molar-refractivity contribution in [1.29, 1.82) is 0 Å². The molecule has 0 radical (unpaired) electrons. The standard InChI is InChI=1S/C20H17FN4O4S2/c21-16-7-2-1-6-15(16)20-24-17(12-30-20)19(27)23-13-4-3-5-14(10-13)31(28,29)25-9-8-22-18(26)11-25/h1-7,10,12H,8-9,11H2,(H,22,26)(H,23,27). The first-order valence-electron chi connectivity index (χ1n) is 9.23. The fraction of sp³-hybridized carbons (Fsp3) is 0.150. The fourth-order valence-electron chi connectivity index (χ4n) is 3.04. The lowest BCUT2D eigenvalue weighted by Crippen LogP contribution is -2.49. The molecule has 1 aliphatic rings. The molecule has 0 atom stereocenters. The second kappa shape index (κ2) is 8.53. The van der Waals surface area contributed by atoms with Crippen LogP contribution >= 0.6 is 11.3 Å². The van der Waals surface area contributed by atoms with E-state index in [1.165, 1.54) is 29.6 Å². The van der Waals surface area contributed by atoms with Crippen molar-refractivity contribution in [3.05, 3.63) is 65.4 Å². The minimum Gasteiger partial charge on any atom is -0.354 e. The van der Waals surface area contributed by atoms with Gasteiger partial charge in [0.2, 0.25) is 15.9 Å². The summed E-state index contributed by atoms with van der Waals surface area (Å²) in [6, 6.07) is 11.9. The summed E-state index contributed by atoms with van der Waals surface area (Å²) in [5.74, 6) is -1.35. The molecule has 1 fully saturated rings. The van der Waals surface area contributed by atoms with E-state index in [9.17, 15) is 22.4 Å². The number of rotatable bonds is 5. The third kappa shape index (κ3) is 4.48. The zero-order valence-corrected chi connectivity index (χ0v) is 17.7. The van der Waals surface area contributed by atoms with E-state index < -0.39 is 21.7 Å². The highest BCUT2D eigenvalue weighted by molar-refractivity contribution is 7.89. The highest BCUT2D eigenvalue weighted by atomic mass is 32.2. The predicted molar refractivity (Wildman–Crippen MR) is 114 cm³/mol. The Labute approximate surface area is 181 Å². The highest BCUT2D eigenvalue weighted by Gasteiger charge is 2.29. The molecule has 4 rings (SSSR count). The molecule has 0 aliphatic carbocycles. The Hall–Kier alpha value is -3.15. The molecule has 2 amide bonds. The lowest BCUT2D eigenvalue weighted by atomic mass is 10.2. The van der Waals surface area contributed by atoms with Crippen LogP contribution < -0.4 is 10.6 Å². The number of thiazole rings is 1. The maximum absolute atomic E-state index is 13.9. The third-order valence-electron chi connectivity index (χ3n) is 4.57. The average Bonchev–Trinajstić information content (AvgIpc) is 3.24. The quantitative estimate of drug-likeness (QED) is 0.608. The number of piperazine rings is 1. The van der Waals surface area contributed by atoms with E-state index in [4.69, 9.17) is 0 Å². The predicted octanol–water partition coefficient (Wildman–Crippen LogP) is 2.32. The second-order valence-corrected chi connectivity index (χ2v) is 9.48. The Morgan fingerprint density at radius 1 is 1.19 bits per heavy atom. The number of hydrogen-bond acceptors (Lipinski definition) is 6. The molecule has 160 valence electrons. The smallest absolute Gasteiger partial charge is 0.275 e. The van der Waals surface area contributed by atoms with Crippen LogP contribution in [0.4, 0.5) is 10.1 Å². The number of aromatic nitrogens is 1. The molecule has 31 heavy (non-hydrogen) atoms. The van der Waals surface area contributed by atoms with Crippen molar-refractivity contribution in [3.8, 4) is 10.6 Å². The monoisotopic (exact) mass is 460 g/mol. The summed E-state index contributed by atoms with van der Waals surface area (Å²) in [6.45, 7) is 0.154. The SMILES string of the molecule is O=C1CN(S(=O)(=O)c2cccc(NC(=O)c3csc(-c4ccccc4F)n3)c2)CCN1. The Balaban J connectivity index is 1.52. The van der Waals surface area contributed by atoms with Gasteiger partial charge in [-0.3, -0.25) is 9.59 Å². The number of carbonyl (C=O) groups is 2. The zero-order chi connectivity index (χ0) is 22.0. The summed E-state index contributed by atoms with van der Waals surface area (Å²) in [7, 11) is -3.89. The molecule has 2 N–H and O–H groups in total. The number of anilines is 1. The molecule has 1 aromatic heterocycles. The van der Waals surface area contributed by atoms with Crippen LogP contribution in [0, 0.1) is 5.82 Å². The van der Waals surface area contributed by atoms with Crippen LogP contribution in [0.15, 0.2) is 58.8 Å². The summed E-state index contributed by atoms with van der Waals surface area (Å²) >= 11 is 1.13. The van der Waals surface area contributed by atoms with Crippen LogP contribution in [-0.2, 0) is 14.8 Å². The van der Waals surface area contributed by atoms with E-state index in [0.29, 0.717) is 10.6 Å². The van der Waals surface area contributed by atoms with Crippen molar-refractivity contribution in [2.24, 2.45) is 0 Å². The Morgan fingerprint density at radius 2 is 2.00 bits per heavy atom. The van der Waals surface area contributed by atoms with Crippen molar-refractivity contribution >= 4 is 38.9 Å². The van der Waals surface area contributed by atoms with Crippen LogP contribution in [0.2, 0.25) is 0 Å². The molecule has 1 saturated heterocycles. The van der Waals surface area contributed by atoms with Gasteiger partial charge in [-0.15, -0.1) is 11.3 Å². The van der Waals surface area contributed by atoms with E-state index in [1.807, 2.05) is 0 Å². The van der Waals surface area contributed by atoms with E-state index in [2.05, 4.69) is 15.6 Å². The topological polar surface area (TPSA) is 108 Å². The van der Waals surface area contributed by atoms with E-state index in [-0.39, 0.29) is 41.8 Å². The third-order valence-corrected chi connectivity index (χ3v) is 7.29. The van der Waals surface area contributed by atoms with Crippen molar-refractivity contribution in [1.82, 2.24) is 14.6 Å². The first kappa shape index (κ1) is 21.1. The van der Waals surface area contributed by atoms with Gasteiger partial charge in [0.05, 0.1) is 11.4 Å². The van der Waals surface area contributed by atoms with Crippen molar-refractivity contribution in [2.45, 2.75) is 4.90 Å². The van der Waals surface area contributed by atoms with Gasteiger partial charge in [0.15, 0.2) is 0 Å². The number of carbonyl (C=O) groups excluding carboxylic acids is 2. The highest BCUT2D eigenvalue weighted by Crippen LogP contribution is 2.27. The van der Waals surface area contributed by atoms with Gasteiger partial charge in [-0.2, -0.15) is 4.31 Å². The summed E-state index contributed by atoms with van der Waals surface area (Å²) < 4.78 is 40.7. The van der Waals surface area contributed by atoms with Gasteiger partial charge in [-0.25, -0.2) is 17.8 Å². The first-order chi connectivity index (χ1) is 14.8. The van der Waals surface area contributed by atoms with E-state index in [0.717, 1.165) is 15.6 Å². The molecule has 1 aliphatic heterocycles. The number of hydrogen-bond donors (Lipinski definition) is 2. The lowest BCUT2D eigenvalue weighted by molar-refractivity contribution is -0.122. The van der Waals surface area contributed by atoms with Crippen LogP contribution in [0.3, 0.4) is 0 Å². The van der Waals surface area contributed by atoms with Crippen LogP contribution in [0.5, 0.6) is 0 Å². The van der Waals surface area contributed by atoms with Gasteiger partial charge in [-0.05, 0) is 30.3 Å². The van der Waals surface area contributed by atoms with Gasteiger partial charge in [0.1, 0.15) is 16.5 Å². The number of benzene rings is 2. The molecule has 0 saturated carbocycles. The molecule has 11 heteroatoms. The molecule has 2 heterocycles. The molecular weight excluding hydrogens is 443 g/mol. The number of amides is 2. The average molecular weight is 461 g/mol. The Kier molecular flexibility index (Phi) is 5.81. The number of sulfonamides is 1. The first-order valence-corrected chi connectivity index (χ1v) is 11.6. The summed E-state index contributed by atoms with van der Waals surface area (Å²) in [6.07, 6.45) is 0. The van der Waals surface area contributed by atoms with Gasteiger partial charge in [0, 0.05) is 29.7 Å². The van der Waals surface area contributed by atoms with E-state index in [1.54, 1.807) is 24.3 Å². The fourth-order valence-corrected chi connectivity index (χ4v) is 5.31. The van der Waals surface area contributed by atoms with Gasteiger partial charge in [-0.1, -0.05) is 18.2 Å². The number of nitrogens with one attached hydrogen (secondary N) is 2. The van der Waals surface area contributed by atoms with Crippen molar-refractivity contribution in [2.75, 3.05) is 25.0 Å². The van der Waals surface area contributed by atoms with Gasteiger partial charge < -0.3 is 10.6 Å². The normalized spacial score (nSPS) is 14.8. The summed E-state index contributed by atoms with van der Waals surface area (Å²) in [5.41, 5.74) is 0.641. The minimum atomic E-state index is -3.89. The maximum Gasteiger partial charge on any atom is 0.275 e. The molecule has 0 bridgehead atoms. The Morgan fingerprint density at radius 3 is 2.77 bits per heavy atom. The van der Waals surface area contributed by atoms with Crippen LogP contribution in [0.25, 0.3) is 10.6 Å². The van der Waals surface area contributed by atoms with Crippen LogP contribution in [0.1, 0.15) is 10.5 Å². The van der Waals surface area contributed by atoms with Gasteiger partial charge in [0.25, 0.3) is 5.91 Å². The van der Waals surface area contributed by atoms with Gasteiger partial charge >= 0.3 is 0 Å². The molecule has 0 spiro atoms. The lowest BCUT2D eigenvalue weighted by Gasteiger charge is -2.26. The molecule has 8 nitrogen and oxygen atoms in total. The zero-order valence-electron chi connectivity index (χ0n) is 16.0. The maximum atomic E-state index is 13.9. The summed E-state index contributed by atoms with van der Waals surface area (Å²) in [4.78, 5) is 28.3.